The summed E-state index contributed by atoms with van der Waals surface area (Å²) in [5, 5.41) is 14.7. The van der Waals surface area contributed by atoms with E-state index in [4.69, 9.17) is 0 Å². The predicted molar refractivity (Wildman–Crippen MR) is 87.5 cm³/mol. The lowest BCUT2D eigenvalue weighted by molar-refractivity contribution is 0.171. The highest BCUT2D eigenvalue weighted by atomic mass is 79.9. The smallest absolute Gasteiger partial charge is 0.0738 e. The van der Waals surface area contributed by atoms with Gasteiger partial charge in [0.05, 0.1) is 22.5 Å². The Hall–Kier alpha value is -1.13. The molecule has 1 aromatic carbocycles. The zero-order valence-corrected chi connectivity index (χ0v) is 14.2. The number of hydrogen-bond acceptors (Lipinski definition) is 2. The third-order valence-corrected chi connectivity index (χ3v) is 5.79. The van der Waals surface area contributed by atoms with Crippen LogP contribution in [0.1, 0.15) is 35.4 Å². The number of aryl methyl sites for hydroxylation is 3. The van der Waals surface area contributed by atoms with Gasteiger partial charge in [0.2, 0.25) is 0 Å². The molecule has 2 aromatic rings. The molecule has 1 atom stereocenters. The highest BCUT2D eigenvalue weighted by Gasteiger charge is 2.37. The van der Waals surface area contributed by atoms with Crippen molar-refractivity contribution in [1.29, 1.82) is 0 Å². The fourth-order valence-corrected chi connectivity index (χ4v) is 4.08. The zero-order chi connectivity index (χ0) is 15.0. The lowest BCUT2D eigenvalue weighted by Gasteiger charge is -2.38. The summed E-state index contributed by atoms with van der Waals surface area (Å²) in [4.78, 5) is 0. The largest absolute Gasteiger partial charge is 0.395 e. The van der Waals surface area contributed by atoms with E-state index in [1.807, 2.05) is 18.7 Å². The molecule has 0 fully saturated rings. The molecule has 0 amide bonds. The molecule has 1 heterocycles. The van der Waals surface area contributed by atoms with Crippen molar-refractivity contribution in [2.45, 2.75) is 38.0 Å². The van der Waals surface area contributed by atoms with Crippen molar-refractivity contribution < 1.29 is 5.11 Å². The summed E-state index contributed by atoms with van der Waals surface area (Å²) in [6.07, 6.45) is 4.09. The van der Waals surface area contributed by atoms with Crippen molar-refractivity contribution in [2.24, 2.45) is 7.05 Å². The summed E-state index contributed by atoms with van der Waals surface area (Å²) in [7, 11) is 1.98. The number of rotatable bonds is 3. The van der Waals surface area contributed by atoms with Gasteiger partial charge in [-0.05, 0) is 53.2 Å². The molecule has 0 radical (unpaired) electrons. The molecule has 0 saturated carbocycles. The SMILES string of the molecule is Cc1nn(C)c(CC2(CO)CCCc3ccccc32)c1Br. The van der Waals surface area contributed by atoms with E-state index in [9.17, 15) is 5.11 Å². The topological polar surface area (TPSA) is 38.0 Å². The van der Waals surface area contributed by atoms with E-state index in [0.717, 1.165) is 35.8 Å². The maximum absolute atomic E-state index is 10.2. The minimum Gasteiger partial charge on any atom is -0.395 e. The second-order valence-corrected chi connectivity index (χ2v) is 6.89. The monoisotopic (exact) mass is 348 g/mol. The Morgan fingerprint density at radius 2 is 2.14 bits per heavy atom. The van der Waals surface area contributed by atoms with Crippen molar-refractivity contribution in [3.63, 3.8) is 0 Å². The Bertz CT molecular complexity index is 665. The predicted octanol–water partition coefficient (Wildman–Crippen LogP) is 3.30. The van der Waals surface area contributed by atoms with Crippen molar-refractivity contribution in [3.8, 4) is 0 Å². The first kappa shape index (κ1) is 14.8. The third kappa shape index (κ3) is 2.44. The fourth-order valence-electron chi connectivity index (χ4n) is 3.60. The molecule has 0 saturated heterocycles. The van der Waals surface area contributed by atoms with Crippen LogP contribution >= 0.6 is 15.9 Å². The maximum atomic E-state index is 10.2. The Morgan fingerprint density at radius 3 is 2.81 bits per heavy atom. The van der Waals surface area contributed by atoms with Crippen LogP contribution in [0.15, 0.2) is 28.7 Å². The fraction of sp³-hybridized carbons (Fsp3) is 0.471. The van der Waals surface area contributed by atoms with Gasteiger partial charge < -0.3 is 5.11 Å². The van der Waals surface area contributed by atoms with Gasteiger partial charge >= 0.3 is 0 Å². The second-order valence-electron chi connectivity index (χ2n) is 6.10. The van der Waals surface area contributed by atoms with Gasteiger partial charge in [-0.25, -0.2) is 0 Å². The van der Waals surface area contributed by atoms with Crippen LogP contribution in [0.5, 0.6) is 0 Å². The van der Waals surface area contributed by atoms with Crippen molar-refractivity contribution in [3.05, 3.63) is 51.3 Å². The number of halogens is 1. The van der Waals surface area contributed by atoms with Crippen LogP contribution < -0.4 is 0 Å². The average Bonchev–Trinajstić information content (AvgIpc) is 2.74. The number of fused-ring (bicyclic) bond motifs is 1. The molecule has 1 aromatic heterocycles. The second kappa shape index (κ2) is 5.58. The number of benzene rings is 1. The van der Waals surface area contributed by atoms with Crippen LogP contribution in [-0.2, 0) is 25.3 Å². The highest BCUT2D eigenvalue weighted by Crippen LogP contribution is 2.41. The van der Waals surface area contributed by atoms with Crippen LogP contribution in [-0.4, -0.2) is 21.5 Å². The Labute approximate surface area is 134 Å². The van der Waals surface area contributed by atoms with E-state index in [-0.39, 0.29) is 12.0 Å². The van der Waals surface area contributed by atoms with Crippen LogP contribution in [0, 0.1) is 6.92 Å². The lowest BCUT2D eigenvalue weighted by Crippen LogP contribution is -2.37. The van der Waals surface area contributed by atoms with E-state index in [2.05, 4.69) is 45.3 Å². The van der Waals surface area contributed by atoms with E-state index < -0.39 is 0 Å². The Kier molecular flexibility index (Phi) is 3.93. The number of aromatic nitrogens is 2. The molecule has 0 bridgehead atoms. The van der Waals surface area contributed by atoms with E-state index in [1.165, 1.54) is 16.8 Å². The molecular formula is C17H21BrN2O. The molecule has 3 rings (SSSR count). The number of aliphatic hydroxyl groups is 1. The molecule has 3 nitrogen and oxygen atoms in total. The van der Waals surface area contributed by atoms with E-state index in [1.54, 1.807) is 0 Å². The highest BCUT2D eigenvalue weighted by molar-refractivity contribution is 9.10. The molecule has 21 heavy (non-hydrogen) atoms. The minimum atomic E-state index is -0.183. The van der Waals surface area contributed by atoms with Crippen molar-refractivity contribution in [1.82, 2.24) is 9.78 Å². The average molecular weight is 349 g/mol. The van der Waals surface area contributed by atoms with Gasteiger partial charge in [0.1, 0.15) is 0 Å². The summed E-state index contributed by atoms with van der Waals surface area (Å²) in [5.74, 6) is 0. The van der Waals surface area contributed by atoms with Gasteiger partial charge in [0.15, 0.2) is 0 Å². The Morgan fingerprint density at radius 1 is 1.38 bits per heavy atom. The molecule has 1 N–H and O–H groups in total. The first-order chi connectivity index (χ1) is 10.1. The lowest BCUT2D eigenvalue weighted by atomic mass is 9.68. The molecular weight excluding hydrogens is 328 g/mol. The molecule has 1 aliphatic rings. The number of hydrogen-bond donors (Lipinski definition) is 1. The molecule has 112 valence electrons. The van der Waals surface area contributed by atoms with Gasteiger partial charge in [0, 0.05) is 18.9 Å². The van der Waals surface area contributed by atoms with E-state index >= 15 is 0 Å². The summed E-state index contributed by atoms with van der Waals surface area (Å²) < 4.78 is 3.01. The number of nitrogens with zero attached hydrogens (tertiary/aromatic N) is 2. The summed E-state index contributed by atoms with van der Waals surface area (Å²) in [6.45, 7) is 2.19. The van der Waals surface area contributed by atoms with E-state index in [0.29, 0.717) is 0 Å². The van der Waals surface area contributed by atoms with Gasteiger partial charge in [0.25, 0.3) is 0 Å². The van der Waals surface area contributed by atoms with Gasteiger partial charge in [-0.3, -0.25) is 4.68 Å². The van der Waals surface area contributed by atoms with Crippen LogP contribution in [0.2, 0.25) is 0 Å². The molecule has 0 aliphatic heterocycles. The minimum absolute atomic E-state index is 0.181. The van der Waals surface area contributed by atoms with Crippen molar-refractivity contribution >= 4 is 15.9 Å². The number of aliphatic hydroxyl groups excluding tert-OH is 1. The zero-order valence-electron chi connectivity index (χ0n) is 12.6. The van der Waals surface area contributed by atoms with Crippen LogP contribution in [0.4, 0.5) is 0 Å². The van der Waals surface area contributed by atoms with Crippen LogP contribution in [0.25, 0.3) is 0 Å². The molecule has 0 spiro atoms. The molecule has 1 unspecified atom stereocenters. The third-order valence-electron chi connectivity index (χ3n) is 4.76. The van der Waals surface area contributed by atoms with Crippen molar-refractivity contribution in [2.75, 3.05) is 6.61 Å². The summed E-state index contributed by atoms with van der Waals surface area (Å²) in [6, 6.07) is 8.55. The normalized spacial score (nSPS) is 21.3. The quantitative estimate of drug-likeness (QED) is 0.923. The first-order valence-corrected chi connectivity index (χ1v) is 8.24. The summed E-state index contributed by atoms with van der Waals surface area (Å²) in [5.41, 5.74) is 4.68. The first-order valence-electron chi connectivity index (χ1n) is 7.44. The van der Waals surface area contributed by atoms with Gasteiger partial charge in [-0.1, -0.05) is 24.3 Å². The molecule has 1 aliphatic carbocycles. The van der Waals surface area contributed by atoms with Crippen LogP contribution in [0.3, 0.4) is 0 Å². The maximum Gasteiger partial charge on any atom is 0.0738 e. The van der Waals surface area contributed by atoms with Gasteiger partial charge in [-0.2, -0.15) is 5.10 Å². The van der Waals surface area contributed by atoms with Gasteiger partial charge in [-0.15, -0.1) is 0 Å². The Balaban J connectivity index is 2.06. The molecule has 4 heteroatoms. The standard InChI is InChI=1S/C17H21BrN2O/c1-12-16(18)15(20(2)19-12)10-17(11-21)9-5-7-13-6-3-4-8-14(13)17/h3-4,6,8,21H,5,7,9-11H2,1-2H3. The summed E-state index contributed by atoms with van der Waals surface area (Å²) >= 11 is 3.66.